The van der Waals surface area contributed by atoms with Crippen molar-refractivity contribution < 1.29 is 29.3 Å². The zero-order valence-corrected chi connectivity index (χ0v) is 13.0. The van der Waals surface area contributed by atoms with Crippen molar-refractivity contribution in [3.8, 4) is 0 Å². The number of hydrogen-bond acceptors (Lipinski definition) is 7. The molecule has 0 aliphatic heterocycles. The van der Waals surface area contributed by atoms with Gasteiger partial charge in [-0.25, -0.2) is 19.4 Å². The standard InChI is InChI=1S/C14H24N2O6/c1-4-5-6-7-8-14(20,16-11(17)9-15)13(19)22-21-12(18)10(2)3/h20H,2,4-9,15H2,1,3H3,(H,16,17). The van der Waals surface area contributed by atoms with Gasteiger partial charge in [-0.15, -0.1) is 0 Å². The van der Waals surface area contributed by atoms with Crippen LogP contribution in [0.1, 0.15) is 46.0 Å². The molecule has 0 aliphatic rings. The molecule has 0 aromatic heterocycles. The fourth-order valence-electron chi connectivity index (χ4n) is 1.52. The van der Waals surface area contributed by atoms with Crippen LogP contribution in [0.2, 0.25) is 0 Å². The van der Waals surface area contributed by atoms with Crippen molar-refractivity contribution in [2.75, 3.05) is 6.54 Å². The third-order valence-electron chi connectivity index (χ3n) is 2.80. The van der Waals surface area contributed by atoms with Crippen LogP contribution in [0.4, 0.5) is 0 Å². The van der Waals surface area contributed by atoms with E-state index in [1.54, 1.807) is 0 Å². The van der Waals surface area contributed by atoms with E-state index < -0.39 is 30.1 Å². The molecule has 0 fully saturated rings. The molecule has 4 N–H and O–H groups in total. The van der Waals surface area contributed by atoms with Crippen LogP contribution in [0, 0.1) is 0 Å². The third kappa shape index (κ3) is 7.19. The lowest BCUT2D eigenvalue weighted by Crippen LogP contribution is -2.56. The Morgan fingerprint density at radius 1 is 1.23 bits per heavy atom. The summed E-state index contributed by atoms with van der Waals surface area (Å²) in [6.45, 7) is 6.28. The van der Waals surface area contributed by atoms with Crippen LogP contribution >= 0.6 is 0 Å². The first-order chi connectivity index (χ1) is 10.3. The Morgan fingerprint density at radius 2 is 1.86 bits per heavy atom. The molecule has 0 saturated carbocycles. The van der Waals surface area contributed by atoms with Gasteiger partial charge in [-0.2, -0.15) is 0 Å². The molecule has 0 bridgehead atoms. The van der Waals surface area contributed by atoms with Crippen LogP contribution in [0.3, 0.4) is 0 Å². The average Bonchev–Trinajstić information content (AvgIpc) is 2.48. The van der Waals surface area contributed by atoms with E-state index >= 15 is 0 Å². The van der Waals surface area contributed by atoms with E-state index in [4.69, 9.17) is 5.73 Å². The van der Waals surface area contributed by atoms with Gasteiger partial charge in [0.2, 0.25) is 11.6 Å². The minimum Gasteiger partial charge on any atom is -0.362 e. The Kier molecular flexibility index (Phi) is 9.04. The molecule has 0 aliphatic carbocycles. The van der Waals surface area contributed by atoms with Crippen molar-refractivity contribution in [2.24, 2.45) is 5.73 Å². The molecule has 0 saturated heterocycles. The molecule has 22 heavy (non-hydrogen) atoms. The highest BCUT2D eigenvalue weighted by molar-refractivity contribution is 5.89. The second kappa shape index (κ2) is 9.91. The third-order valence-corrected chi connectivity index (χ3v) is 2.80. The van der Waals surface area contributed by atoms with Crippen molar-refractivity contribution in [3.63, 3.8) is 0 Å². The Balaban J connectivity index is 4.73. The summed E-state index contributed by atoms with van der Waals surface area (Å²) >= 11 is 0. The zero-order valence-electron chi connectivity index (χ0n) is 13.0. The van der Waals surface area contributed by atoms with E-state index in [1.807, 2.05) is 6.92 Å². The molecule has 1 unspecified atom stereocenters. The normalized spacial score (nSPS) is 12.9. The summed E-state index contributed by atoms with van der Waals surface area (Å²) in [5.41, 5.74) is 2.87. The van der Waals surface area contributed by atoms with Crippen LogP contribution in [-0.4, -0.2) is 35.2 Å². The number of hydrogen-bond donors (Lipinski definition) is 3. The number of nitrogens with one attached hydrogen (secondary N) is 1. The minimum atomic E-state index is -2.29. The largest absolute Gasteiger partial charge is 0.407 e. The number of rotatable bonds is 9. The summed E-state index contributed by atoms with van der Waals surface area (Å²) in [5.74, 6) is -2.98. The maximum absolute atomic E-state index is 11.9. The van der Waals surface area contributed by atoms with Gasteiger partial charge in [-0.1, -0.05) is 32.8 Å². The predicted octanol–water partition coefficient (Wildman–Crippen LogP) is 0.298. The Morgan fingerprint density at radius 3 is 2.36 bits per heavy atom. The lowest BCUT2D eigenvalue weighted by atomic mass is 10.0. The first-order valence-corrected chi connectivity index (χ1v) is 7.09. The van der Waals surface area contributed by atoms with Crippen LogP contribution in [0.25, 0.3) is 0 Å². The van der Waals surface area contributed by atoms with Crippen molar-refractivity contribution >= 4 is 17.8 Å². The molecule has 8 nitrogen and oxygen atoms in total. The zero-order chi connectivity index (χ0) is 17.2. The van der Waals surface area contributed by atoms with Crippen LogP contribution in [-0.2, 0) is 24.2 Å². The molecule has 0 heterocycles. The highest BCUT2D eigenvalue weighted by Crippen LogP contribution is 2.16. The van der Waals surface area contributed by atoms with Crippen molar-refractivity contribution in [1.29, 1.82) is 0 Å². The molecule has 0 radical (unpaired) electrons. The fraction of sp³-hybridized carbons (Fsp3) is 0.643. The van der Waals surface area contributed by atoms with E-state index in [9.17, 15) is 19.5 Å². The lowest BCUT2D eigenvalue weighted by Gasteiger charge is -2.25. The quantitative estimate of drug-likeness (QED) is 0.183. The molecule has 126 valence electrons. The van der Waals surface area contributed by atoms with E-state index in [0.29, 0.717) is 6.42 Å². The average molecular weight is 316 g/mol. The number of unbranched alkanes of at least 4 members (excludes halogenated alkanes) is 3. The van der Waals surface area contributed by atoms with Gasteiger partial charge in [-0.3, -0.25) is 4.79 Å². The fourth-order valence-corrected chi connectivity index (χ4v) is 1.52. The molecule has 0 rings (SSSR count). The molecule has 1 amide bonds. The van der Waals surface area contributed by atoms with Crippen molar-refractivity contribution in [1.82, 2.24) is 5.32 Å². The van der Waals surface area contributed by atoms with Gasteiger partial charge in [0.25, 0.3) is 0 Å². The molecule has 0 aromatic rings. The van der Waals surface area contributed by atoms with Gasteiger partial charge in [0.15, 0.2) is 0 Å². The van der Waals surface area contributed by atoms with Crippen LogP contribution in [0.5, 0.6) is 0 Å². The predicted molar refractivity (Wildman–Crippen MR) is 77.9 cm³/mol. The Hall–Kier alpha value is -1.93. The molecular weight excluding hydrogens is 292 g/mol. The van der Waals surface area contributed by atoms with E-state index in [0.717, 1.165) is 19.3 Å². The maximum atomic E-state index is 11.9. The summed E-state index contributed by atoms with van der Waals surface area (Å²) in [7, 11) is 0. The maximum Gasteiger partial charge on any atom is 0.407 e. The first-order valence-electron chi connectivity index (χ1n) is 7.09. The first kappa shape index (κ1) is 20.1. The number of nitrogens with two attached hydrogens (primary N) is 1. The summed E-state index contributed by atoms with van der Waals surface area (Å²) in [5, 5.41) is 12.3. The molecule has 0 spiro atoms. The number of amides is 1. The SMILES string of the molecule is C=C(C)C(=O)OOC(=O)C(O)(CCCCCC)NC(=O)CN. The second-order valence-electron chi connectivity index (χ2n) is 4.95. The highest BCUT2D eigenvalue weighted by atomic mass is 17.2. The minimum absolute atomic E-state index is 0.0188. The van der Waals surface area contributed by atoms with Crippen LogP contribution in [0.15, 0.2) is 12.2 Å². The van der Waals surface area contributed by atoms with Crippen molar-refractivity contribution in [2.45, 2.75) is 51.7 Å². The van der Waals surface area contributed by atoms with E-state index in [-0.39, 0.29) is 12.0 Å². The van der Waals surface area contributed by atoms with Gasteiger partial charge in [0.05, 0.1) is 6.54 Å². The number of aliphatic hydroxyl groups is 1. The lowest BCUT2D eigenvalue weighted by molar-refractivity contribution is -0.269. The molecular formula is C14H24N2O6. The number of carbonyl (C=O) groups excluding carboxylic acids is 3. The molecule has 8 heteroatoms. The van der Waals surface area contributed by atoms with Gasteiger partial charge in [0.1, 0.15) is 0 Å². The molecule has 1 atom stereocenters. The summed E-state index contributed by atoms with van der Waals surface area (Å²) in [4.78, 5) is 42.9. The van der Waals surface area contributed by atoms with Gasteiger partial charge < -0.3 is 16.2 Å². The summed E-state index contributed by atoms with van der Waals surface area (Å²) in [6, 6.07) is 0. The smallest absolute Gasteiger partial charge is 0.362 e. The summed E-state index contributed by atoms with van der Waals surface area (Å²) in [6.07, 6.45) is 3.03. The summed E-state index contributed by atoms with van der Waals surface area (Å²) < 4.78 is 0. The highest BCUT2D eigenvalue weighted by Gasteiger charge is 2.40. The Bertz CT molecular complexity index is 424. The second-order valence-corrected chi connectivity index (χ2v) is 4.95. The van der Waals surface area contributed by atoms with Crippen LogP contribution < -0.4 is 11.1 Å². The Labute approximate surface area is 129 Å². The van der Waals surface area contributed by atoms with Crippen molar-refractivity contribution in [3.05, 3.63) is 12.2 Å². The monoisotopic (exact) mass is 316 g/mol. The van der Waals surface area contributed by atoms with E-state index in [1.165, 1.54) is 6.92 Å². The van der Waals surface area contributed by atoms with E-state index in [2.05, 4.69) is 21.7 Å². The van der Waals surface area contributed by atoms with Gasteiger partial charge >= 0.3 is 11.9 Å². The molecule has 0 aromatic carbocycles. The number of carbonyl (C=O) groups is 3. The van der Waals surface area contributed by atoms with Gasteiger partial charge in [0, 0.05) is 12.0 Å². The topological polar surface area (TPSA) is 128 Å². The van der Waals surface area contributed by atoms with Gasteiger partial charge in [-0.05, 0) is 13.3 Å².